The third-order valence-electron chi connectivity index (χ3n) is 5.14. The first-order valence-corrected chi connectivity index (χ1v) is 8.46. The summed E-state index contributed by atoms with van der Waals surface area (Å²) in [5.74, 6) is 2.48. The Morgan fingerprint density at radius 3 is 2.52 bits per heavy atom. The van der Waals surface area contributed by atoms with Gasteiger partial charge in [-0.1, -0.05) is 26.2 Å². The molecule has 2 N–H and O–H groups in total. The molecular formula is C17H32IN5. The molecule has 0 aromatic carbocycles. The number of halogens is 1. The molecule has 1 heterocycles. The average molecular weight is 433 g/mol. The highest BCUT2D eigenvalue weighted by Crippen LogP contribution is 2.28. The molecule has 1 aromatic heterocycles. The Balaban J connectivity index is 0.00000264. The lowest BCUT2D eigenvalue weighted by molar-refractivity contribution is 0.256. The largest absolute Gasteiger partial charge is 0.356 e. The lowest BCUT2D eigenvalue weighted by atomic mass is 9.80. The van der Waals surface area contributed by atoms with Gasteiger partial charge >= 0.3 is 0 Å². The Morgan fingerprint density at radius 2 is 1.96 bits per heavy atom. The van der Waals surface area contributed by atoms with E-state index >= 15 is 0 Å². The monoisotopic (exact) mass is 433 g/mol. The Kier molecular flexibility index (Phi) is 8.36. The van der Waals surface area contributed by atoms with Crippen LogP contribution in [-0.2, 0) is 13.6 Å². The first-order valence-electron chi connectivity index (χ1n) is 8.46. The molecule has 5 nitrogen and oxygen atoms in total. The number of hydrogen-bond acceptors (Lipinski definition) is 2. The molecule has 23 heavy (non-hydrogen) atoms. The number of aryl methyl sites for hydroxylation is 2. The van der Waals surface area contributed by atoms with Crippen LogP contribution in [0.1, 0.15) is 49.6 Å². The standard InChI is InChI=1S/C17H31N5.HI/c1-12-8-6-7-9-15(12)10-19-17(18-4)20-11-16-13(2)21-22(5)14(16)3;/h12,15H,6-11H2,1-5H3,(H2,18,19,20);1H. The van der Waals surface area contributed by atoms with E-state index in [1.54, 1.807) is 0 Å². The smallest absolute Gasteiger partial charge is 0.191 e. The van der Waals surface area contributed by atoms with Crippen LogP contribution in [0.15, 0.2) is 4.99 Å². The number of nitrogens with one attached hydrogen (secondary N) is 2. The van der Waals surface area contributed by atoms with Crippen molar-refractivity contribution < 1.29 is 0 Å². The number of aliphatic imine (C=N–C) groups is 1. The zero-order chi connectivity index (χ0) is 16.1. The lowest BCUT2D eigenvalue weighted by Crippen LogP contribution is -2.41. The van der Waals surface area contributed by atoms with Crippen LogP contribution >= 0.6 is 24.0 Å². The minimum absolute atomic E-state index is 0. The molecule has 0 radical (unpaired) electrons. The molecule has 2 atom stereocenters. The fourth-order valence-electron chi connectivity index (χ4n) is 3.39. The van der Waals surface area contributed by atoms with Crippen molar-refractivity contribution in [2.45, 2.75) is 53.0 Å². The van der Waals surface area contributed by atoms with Crippen LogP contribution in [0.4, 0.5) is 0 Å². The van der Waals surface area contributed by atoms with Gasteiger partial charge in [0.1, 0.15) is 0 Å². The van der Waals surface area contributed by atoms with Crippen LogP contribution in [0.5, 0.6) is 0 Å². The molecule has 1 aliphatic carbocycles. The summed E-state index contributed by atoms with van der Waals surface area (Å²) in [6.07, 6.45) is 5.47. The highest BCUT2D eigenvalue weighted by Gasteiger charge is 2.21. The molecule has 0 bridgehead atoms. The second-order valence-corrected chi connectivity index (χ2v) is 6.60. The van der Waals surface area contributed by atoms with Crippen LogP contribution in [-0.4, -0.2) is 29.3 Å². The highest BCUT2D eigenvalue weighted by atomic mass is 127. The average Bonchev–Trinajstić information content (AvgIpc) is 2.74. The van der Waals surface area contributed by atoms with Gasteiger partial charge in [-0.15, -0.1) is 24.0 Å². The van der Waals surface area contributed by atoms with Crippen molar-refractivity contribution in [1.29, 1.82) is 0 Å². The van der Waals surface area contributed by atoms with Crippen molar-refractivity contribution in [1.82, 2.24) is 20.4 Å². The molecule has 0 aliphatic heterocycles. The van der Waals surface area contributed by atoms with E-state index in [1.807, 2.05) is 18.8 Å². The maximum Gasteiger partial charge on any atom is 0.191 e. The molecule has 0 saturated heterocycles. The summed E-state index contributed by atoms with van der Waals surface area (Å²) >= 11 is 0. The molecule has 0 amide bonds. The molecule has 1 saturated carbocycles. The second-order valence-electron chi connectivity index (χ2n) is 6.60. The summed E-state index contributed by atoms with van der Waals surface area (Å²) < 4.78 is 1.94. The maximum absolute atomic E-state index is 4.46. The fourth-order valence-corrected chi connectivity index (χ4v) is 3.39. The molecular weight excluding hydrogens is 401 g/mol. The molecule has 1 fully saturated rings. The highest BCUT2D eigenvalue weighted by molar-refractivity contribution is 14.0. The van der Waals surface area contributed by atoms with Gasteiger partial charge in [-0.2, -0.15) is 5.10 Å². The first kappa shape index (κ1) is 20.3. The Morgan fingerprint density at radius 1 is 1.26 bits per heavy atom. The molecule has 132 valence electrons. The van der Waals surface area contributed by atoms with E-state index in [0.717, 1.165) is 36.6 Å². The molecule has 1 aliphatic rings. The SMILES string of the molecule is CN=C(NCc1c(C)nn(C)c1C)NCC1CCCCC1C.I. The van der Waals surface area contributed by atoms with Gasteiger partial charge in [0.05, 0.1) is 5.69 Å². The summed E-state index contributed by atoms with van der Waals surface area (Å²) in [4.78, 5) is 4.35. The predicted molar refractivity (Wildman–Crippen MR) is 107 cm³/mol. The molecule has 1 aromatic rings. The predicted octanol–water partition coefficient (Wildman–Crippen LogP) is 3.15. The number of guanidine groups is 1. The van der Waals surface area contributed by atoms with Gasteiger partial charge in [0.2, 0.25) is 0 Å². The van der Waals surface area contributed by atoms with E-state index in [-0.39, 0.29) is 24.0 Å². The summed E-state index contributed by atoms with van der Waals surface area (Å²) in [5, 5.41) is 11.4. The van der Waals surface area contributed by atoms with Crippen molar-refractivity contribution in [3.8, 4) is 0 Å². The maximum atomic E-state index is 4.46. The van der Waals surface area contributed by atoms with Gasteiger partial charge in [-0.25, -0.2) is 0 Å². The van der Waals surface area contributed by atoms with E-state index < -0.39 is 0 Å². The Labute approximate surface area is 157 Å². The topological polar surface area (TPSA) is 54.2 Å². The van der Waals surface area contributed by atoms with Gasteiger partial charge in [0.15, 0.2) is 5.96 Å². The summed E-state index contributed by atoms with van der Waals surface area (Å²) in [7, 11) is 3.83. The van der Waals surface area contributed by atoms with Crippen LogP contribution < -0.4 is 10.6 Å². The van der Waals surface area contributed by atoms with E-state index in [0.29, 0.717) is 0 Å². The van der Waals surface area contributed by atoms with Gasteiger partial charge in [0.25, 0.3) is 0 Å². The van der Waals surface area contributed by atoms with Crippen molar-refractivity contribution >= 4 is 29.9 Å². The normalized spacial score (nSPS) is 21.7. The van der Waals surface area contributed by atoms with Crippen molar-refractivity contribution in [3.63, 3.8) is 0 Å². The first-order chi connectivity index (χ1) is 10.5. The third-order valence-corrected chi connectivity index (χ3v) is 5.14. The van der Waals surface area contributed by atoms with Crippen LogP contribution in [0.2, 0.25) is 0 Å². The summed E-state index contributed by atoms with van der Waals surface area (Å²) in [6.45, 7) is 8.34. The number of nitrogens with zero attached hydrogens (tertiary/aromatic N) is 3. The minimum Gasteiger partial charge on any atom is -0.356 e. The third kappa shape index (κ3) is 5.36. The Hall–Kier alpha value is -0.790. The Bertz CT molecular complexity index is 523. The molecule has 0 spiro atoms. The quantitative estimate of drug-likeness (QED) is 0.436. The molecule has 6 heteroatoms. The van der Waals surface area contributed by atoms with Crippen molar-refractivity contribution in [2.24, 2.45) is 23.9 Å². The van der Waals surface area contributed by atoms with Crippen molar-refractivity contribution in [3.05, 3.63) is 17.0 Å². The van der Waals surface area contributed by atoms with Gasteiger partial charge in [-0.05, 0) is 32.1 Å². The van der Waals surface area contributed by atoms with Gasteiger partial charge in [0, 0.05) is 38.4 Å². The van der Waals surface area contributed by atoms with Crippen LogP contribution in [0, 0.1) is 25.7 Å². The van der Waals surface area contributed by atoms with Gasteiger partial charge < -0.3 is 10.6 Å². The fraction of sp³-hybridized carbons (Fsp3) is 0.765. The number of rotatable bonds is 4. The lowest BCUT2D eigenvalue weighted by Gasteiger charge is -2.29. The number of hydrogen-bond donors (Lipinski definition) is 2. The van der Waals surface area contributed by atoms with Gasteiger partial charge in [-0.3, -0.25) is 9.67 Å². The minimum atomic E-state index is 0. The van der Waals surface area contributed by atoms with Crippen molar-refractivity contribution in [2.75, 3.05) is 13.6 Å². The summed E-state index contributed by atoms with van der Waals surface area (Å²) in [5.41, 5.74) is 3.56. The van der Waals surface area contributed by atoms with Crippen LogP contribution in [0.3, 0.4) is 0 Å². The second kappa shape index (κ2) is 9.49. The zero-order valence-corrected chi connectivity index (χ0v) is 17.5. The van der Waals surface area contributed by atoms with E-state index in [4.69, 9.17) is 0 Å². The van der Waals surface area contributed by atoms with E-state index in [9.17, 15) is 0 Å². The zero-order valence-electron chi connectivity index (χ0n) is 15.1. The summed E-state index contributed by atoms with van der Waals surface area (Å²) in [6, 6.07) is 0. The molecule has 2 rings (SSSR count). The van der Waals surface area contributed by atoms with Crippen LogP contribution in [0.25, 0.3) is 0 Å². The number of aromatic nitrogens is 2. The molecule has 2 unspecified atom stereocenters. The van der Waals surface area contributed by atoms with E-state index in [1.165, 1.54) is 36.9 Å². The van der Waals surface area contributed by atoms with E-state index in [2.05, 4.69) is 41.5 Å².